The molecule has 0 heterocycles. The van der Waals surface area contributed by atoms with Crippen LogP contribution in [-0.2, 0) is 4.79 Å². The van der Waals surface area contributed by atoms with Crippen molar-refractivity contribution in [2.75, 3.05) is 19.6 Å². The summed E-state index contributed by atoms with van der Waals surface area (Å²) in [4.78, 5) is 11.3. The minimum Gasteiger partial charge on any atom is -0.544 e. The summed E-state index contributed by atoms with van der Waals surface area (Å²) in [5.41, 5.74) is 0. The Morgan fingerprint density at radius 3 is 1.83 bits per heavy atom. The highest BCUT2D eigenvalue weighted by Crippen LogP contribution is 2.18. The van der Waals surface area contributed by atoms with E-state index < -0.39 is 5.97 Å². The van der Waals surface area contributed by atoms with E-state index >= 15 is 0 Å². The van der Waals surface area contributed by atoms with Crippen LogP contribution >= 0.6 is 0 Å². The summed E-state index contributed by atoms with van der Waals surface area (Å²) in [7, 11) is 0. The van der Waals surface area contributed by atoms with Crippen molar-refractivity contribution in [1.82, 2.24) is 0 Å². The van der Waals surface area contributed by atoms with E-state index in [1.54, 1.807) is 0 Å². The monoisotopic (exact) mass is 341 g/mol. The Morgan fingerprint density at radius 1 is 0.875 bits per heavy atom. The fraction of sp³-hybridized carbons (Fsp3) is 0.850. The van der Waals surface area contributed by atoms with Crippen molar-refractivity contribution in [2.45, 2.75) is 91.4 Å². The van der Waals surface area contributed by atoms with Crippen molar-refractivity contribution in [1.29, 1.82) is 0 Å². The maximum absolute atomic E-state index is 11.3. The SMILES string of the molecule is CCCCCC/C(O)=C/[N+](CCCCC)(CCCCC)CC(=O)[O-]. The molecule has 0 fully saturated rings. The molecule has 0 aromatic carbocycles. The van der Waals surface area contributed by atoms with Crippen LogP contribution in [0.25, 0.3) is 0 Å². The van der Waals surface area contributed by atoms with Crippen LogP contribution in [-0.4, -0.2) is 35.2 Å². The van der Waals surface area contributed by atoms with Crippen LogP contribution < -0.4 is 5.11 Å². The molecule has 0 atom stereocenters. The van der Waals surface area contributed by atoms with E-state index in [1.165, 1.54) is 12.8 Å². The number of unbranched alkanes of at least 4 members (excludes halogenated alkanes) is 7. The summed E-state index contributed by atoms with van der Waals surface area (Å²) in [5, 5.41) is 21.7. The number of carboxylic acids is 1. The van der Waals surface area contributed by atoms with Crippen LogP contribution in [0.4, 0.5) is 0 Å². The van der Waals surface area contributed by atoms with E-state index in [4.69, 9.17) is 0 Å². The molecule has 0 aromatic heterocycles. The largest absolute Gasteiger partial charge is 0.544 e. The Hall–Kier alpha value is -1.03. The highest BCUT2D eigenvalue weighted by Gasteiger charge is 2.26. The van der Waals surface area contributed by atoms with Crippen LogP contribution in [0.5, 0.6) is 0 Å². The molecule has 0 spiro atoms. The Balaban J connectivity index is 5.00. The number of hydrogen-bond acceptors (Lipinski definition) is 3. The Bertz CT molecular complexity index is 343. The predicted octanol–water partition coefficient (Wildman–Crippen LogP) is 4.30. The molecular weight excluding hydrogens is 302 g/mol. The molecule has 0 saturated carbocycles. The molecule has 0 aromatic rings. The fourth-order valence-electron chi connectivity index (χ4n) is 3.17. The number of allylic oxidation sites excluding steroid dienone is 1. The molecule has 1 N–H and O–H groups in total. The predicted molar refractivity (Wildman–Crippen MR) is 98.4 cm³/mol. The highest BCUT2D eigenvalue weighted by molar-refractivity contribution is 5.65. The van der Waals surface area contributed by atoms with Gasteiger partial charge in [-0.2, -0.15) is 0 Å². The minimum absolute atomic E-state index is 0.0353. The van der Waals surface area contributed by atoms with Crippen molar-refractivity contribution < 1.29 is 19.5 Å². The summed E-state index contributed by atoms with van der Waals surface area (Å²) < 4.78 is 0.335. The quantitative estimate of drug-likeness (QED) is 0.259. The first-order chi connectivity index (χ1) is 11.5. The van der Waals surface area contributed by atoms with Gasteiger partial charge < -0.3 is 15.0 Å². The van der Waals surface area contributed by atoms with Gasteiger partial charge in [0.2, 0.25) is 0 Å². The molecule has 0 aliphatic heterocycles. The molecule has 0 amide bonds. The number of rotatable bonds is 16. The van der Waals surface area contributed by atoms with Crippen molar-refractivity contribution in [2.24, 2.45) is 0 Å². The van der Waals surface area contributed by atoms with Gasteiger partial charge >= 0.3 is 0 Å². The molecule has 0 aliphatic rings. The third-order valence-electron chi connectivity index (χ3n) is 4.57. The number of carbonyl (C=O) groups is 1. The van der Waals surface area contributed by atoms with Gasteiger partial charge in [0.15, 0.2) is 0 Å². The number of aliphatic hydroxyl groups excluding tert-OH is 1. The van der Waals surface area contributed by atoms with Crippen LogP contribution in [0.1, 0.15) is 91.4 Å². The number of quaternary nitrogens is 1. The third kappa shape index (κ3) is 11.5. The molecule has 142 valence electrons. The van der Waals surface area contributed by atoms with E-state index in [9.17, 15) is 15.0 Å². The van der Waals surface area contributed by atoms with E-state index in [2.05, 4.69) is 20.8 Å². The smallest absolute Gasteiger partial charge is 0.145 e. The molecule has 0 aliphatic carbocycles. The lowest BCUT2D eigenvalue weighted by atomic mass is 10.1. The van der Waals surface area contributed by atoms with Crippen molar-refractivity contribution >= 4 is 5.97 Å². The zero-order valence-corrected chi connectivity index (χ0v) is 16.2. The van der Waals surface area contributed by atoms with Crippen molar-refractivity contribution in [3.8, 4) is 0 Å². The molecular formula is C20H39NO3. The number of carboxylic acid groups (broad SMARTS) is 1. The molecule has 24 heavy (non-hydrogen) atoms. The van der Waals surface area contributed by atoms with E-state index in [1.807, 2.05) is 6.20 Å². The standard InChI is InChI=1S/C20H39NO3/c1-4-7-10-11-14-19(22)17-21(18-20(23)24,15-12-8-5-2)16-13-9-6-3/h17H,4-16,18H2,1-3H3,(H-,22,23,24)/b19-17-. The summed E-state index contributed by atoms with van der Waals surface area (Å²) in [5.74, 6) is -0.682. The lowest BCUT2D eigenvalue weighted by molar-refractivity contribution is -0.875. The third-order valence-corrected chi connectivity index (χ3v) is 4.57. The molecule has 0 unspecified atom stereocenters. The van der Waals surface area contributed by atoms with E-state index in [0.29, 0.717) is 16.7 Å². The first-order valence-electron chi connectivity index (χ1n) is 9.96. The second-order valence-corrected chi connectivity index (χ2v) is 7.04. The summed E-state index contributed by atoms with van der Waals surface area (Å²) in [6.07, 6.45) is 13.2. The number of carbonyl (C=O) groups excluding carboxylic acids is 1. The van der Waals surface area contributed by atoms with Crippen molar-refractivity contribution in [3.05, 3.63) is 12.0 Å². The summed E-state index contributed by atoms with van der Waals surface area (Å²) in [6, 6.07) is 0. The van der Waals surface area contributed by atoms with Crippen molar-refractivity contribution in [3.63, 3.8) is 0 Å². The maximum Gasteiger partial charge on any atom is 0.145 e. The highest BCUT2D eigenvalue weighted by atomic mass is 16.4. The Kier molecular flexibility index (Phi) is 13.7. The van der Waals surface area contributed by atoms with Gasteiger partial charge in [-0.25, -0.2) is 0 Å². The van der Waals surface area contributed by atoms with Crippen LogP contribution in [0.2, 0.25) is 0 Å². The number of aliphatic carboxylic acids is 1. The van der Waals surface area contributed by atoms with Gasteiger partial charge in [0.05, 0.1) is 19.1 Å². The molecule has 4 heteroatoms. The van der Waals surface area contributed by atoms with Gasteiger partial charge in [-0.1, -0.05) is 52.9 Å². The lowest BCUT2D eigenvalue weighted by Gasteiger charge is -2.36. The molecule has 0 rings (SSSR count). The average molecular weight is 342 g/mol. The topological polar surface area (TPSA) is 60.4 Å². The average Bonchev–Trinajstić information content (AvgIpc) is 2.51. The normalized spacial score (nSPS) is 12.5. The van der Waals surface area contributed by atoms with Gasteiger partial charge in [0.25, 0.3) is 0 Å². The summed E-state index contributed by atoms with van der Waals surface area (Å²) >= 11 is 0. The molecule has 4 nitrogen and oxygen atoms in total. The Labute approximate surface area is 149 Å². The van der Waals surface area contributed by atoms with Crippen LogP contribution in [0.3, 0.4) is 0 Å². The van der Waals surface area contributed by atoms with Gasteiger partial charge in [0, 0.05) is 6.42 Å². The second kappa shape index (κ2) is 14.3. The zero-order chi connectivity index (χ0) is 18.3. The van der Waals surface area contributed by atoms with E-state index in [0.717, 1.165) is 64.5 Å². The first-order valence-corrected chi connectivity index (χ1v) is 9.96. The molecule has 0 saturated heterocycles. The van der Waals surface area contributed by atoms with Gasteiger partial charge in [-0.15, -0.1) is 0 Å². The van der Waals surface area contributed by atoms with Gasteiger partial charge in [-0.05, 0) is 32.1 Å². The Morgan fingerprint density at radius 2 is 1.38 bits per heavy atom. The van der Waals surface area contributed by atoms with Gasteiger partial charge in [0.1, 0.15) is 18.5 Å². The van der Waals surface area contributed by atoms with E-state index in [-0.39, 0.29) is 6.54 Å². The minimum atomic E-state index is -1.03. The summed E-state index contributed by atoms with van der Waals surface area (Å²) in [6.45, 7) is 7.96. The fourth-order valence-corrected chi connectivity index (χ4v) is 3.17. The first kappa shape index (κ1) is 23.0. The number of aliphatic hydroxyl groups is 1. The molecule has 0 bridgehead atoms. The molecule has 0 radical (unpaired) electrons. The van der Waals surface area contributed by atoms with Gasteiger partial charge in [-0.3, -0.25) is 4.48 Å². The zero-order valence-electron chi connectivity index (χ0n) is 16.2. The lowest BCUT2D eigenvalue weighted by Crippen LogP contribution is -2.51. The second-order valence-electron chi connectivity index (χ2n) is 7.04. The number of hydrogen-bond donors (Lipinski definition) is 1. The maximum atomic E-state index is 11.3. The van der Waals surface area contributed by atoms with Crippen LogP contribution in [0, 0.1) is 0 Å². The number of nitrogens with zero attached hydrogens (tertiary/aromatic N) is 1. The van der Waals surface area contributed by atoms with Crippen LogP contribution in [0.15, 0.2) is 12.0 Å².